The van der Waals surface area contributed by atoms with E-state index in [9.17, 15) is 13.2 Å². The van der Waals surface area contributed by atoms with Crippen molar-refractivity contribution in [2.45, 2.75) is 0 Å². The highest BCUT2D eigenvalue weighted by atomic mass is 35.5. The van der Waals surface area contributed by atoms with E-state index >= 15 is 0 Å². The lowest BCUT2D eigenvalue weighted by Gasteiger charge is -2.12. The second kappa shape index (κ2) is 6.84. The molecule has 0 aromatic carbocycles. The minimum absolute atomic E-state index is 0.0700. The number of nitrogens with one attached hydrogen (secondary N) is 2. The molecule has 1 aromatic rings. The fourth-order valence-corrected chi connectivity index (χ4v) is 2.07. The van der Waals surface area contributed by atoms with Crippen LogP contribution in [0.3, 0.4) is 0 Å². The fourth-order valence-electron chi connectivity index (χ4n) is 1.24. The molecule has 10 heteroatoms. The van der Waals surface area contributed by atoms with Crippen LogP contribution in [0.4, 0.5) is 5.82 Å². The SMILES string of the molecule is CN(C)S(=O)(=O)NCCNC(=O)c1cc(N)nc(Cl)c1. The molecule has 0 saturated heterocycles. The van der Waals surface area contributed by atoms with E-state index in [0.29, 0.717) is 0 Å². The molecule has 20 heavy (non-hydrogen) atoms. The molecule has 0 aliphatic rings. The fraction of sp³-hybridized carbons (Fsp3) is 0.400. The number of amides is 1. The topological polar surface area (TPSA) is 117 Å². The quantitative estimate of drug-likeness (QED) is 0.479. The minimum atomic E-state index is -3.49. The van der Waals surface area contributed by atoms with Crippen LogP contribution < -0.4 is 15.8 Å². The van der Waals surface area contributed by atoms with Gasteiger partial charge in [0, 0.05) is 32.7 Å². The maximum atomic E-state index is 11.8. The zero-order valence-corrected chi connectivity index (χ0v) is 12.6. The Hall–Kier alpha value is -1.42. The molecule has 4 N–H and O–H groups in total. The summed E-state index contributed by atoms with van der Waals surface area (Å²) >= 11 is 5.68. The number of halogens is 1. The van der Waals surface area contributed by atoms with E-state index < -0.39 is 16.1 Å². The van der Waals surface area contributed by atoms with Gasteiger partial charge in [0.2, 0.25) is 0 Å². The first-order valence-electron chi connectivity index (χ1n) is 5.61. The standard InChI is InChI=1S/C10H16ClN5O3S/c1-16(2)20(18,19)14-4-3-13-10(17)7-5-8(11)15-9(12)6-7/h5-6,14H,3-4H2,1-2H3,(H2,12,15)(H,13,17). The first kappa shape index (κ1) is 16.6. The summed E-state index contributed by atoms with van der Waals surface area (Å²) < 4.78 is 26.1. The molecule has 0 radical (unpaired) electrons. The number of aromatic nitrogens is 1. The predicted octanol–water partition coefficient (Wildman–Crippen LogP) is -0.557. The zero-order chi connectivity index (χ0) is 15.3. The molecule has 1 amide bonds. The van der Waals surface area contributed by atoms with Crippen molar-refractivity contribution in [3.8, 4) is 0 Å². The molecule has 0 atom stereocenters. The monoisotopic (exact) mass is 321 g/mol. The molecule has 0 aliphatic carbocycles. The van der Waals surface area contributed by atoms with Crippen molar-refractivity contribution < 1.29 is 13.2 Å². The number of anilines is 1. The molecule has 0 aliphatic heterocycles. The number of rotatable bonds is 6. The summed E-state index contributed by atoms with van der Waals surface area (Å²) in [5.41, 5.74) is 5.73. The highest BCUT2D eigenvalue weighted by Gasteiger charge is 2.12. The molecule has 8 nitrogen and oxygen atoms in total. The average Bonchev–Trinajstić information content (AvgIpc) is 2.33. The third-order valence-corrected chi connectivity index (χ3v) is 3.98. The number of nitrogen functional groups attached to an aromatic ring is 1. The predicted molar refractivity (Wildman–Crippen MR) is 76.6 cm³/mol. The number of nitrogens with two attached hydrogens (primary N) is 1. The summed E-state index contributed by atoms with van der Waals surface area (Å²) in [7, 11) is -0.682. The van der Waals surface area contributed by atoms with Gasteiger partial charge in [0.25, 0.3) is 16.1 Å². The van der Waals surface area contributed by atoms with Gasteiger partial charge in [-0.2, -0.15) is 12.7 Å². The van der Waals surface area contributed by atoms with Gasteiger partial charge < -0.3 is 11.1 Å². The Morgan fingerprint density at radius 2 is 2.05 bits per heavy atom. The second-order valence-corrected chi connectivity index (χ2v) is 6.40. The van der Waals surface area contributed by atoms with Crippen LogP contribution in [0.2, 0.25) is 5.15 Å². The van der Waals surface area contributed by atoms with Crippen molar-refractivity contribution in [2.24, 2.45) is 0 Å². The van der Waals surface area contributed by atoms with Gasteiger partial charge in [0.05, 0.1) is 0 Å². The number of pyridine rings is 1. The maximum Gasteiger partial charge on any atom is 0.278 e. The number of hydrogen-bond donors (Lipinski definition) is 3. The lowest BCUT2D eigenvalue weighted by atomic mass is 10.2. The van der Waals surface area contributed by atoms with E-state index in [4.69, 9.17) is 17.3 Å². The van der Waals surface area contributed by atoms with E-state index in [1.807, 2.05) is 0 Å². The third-order valence-electron chi connectivity index (χ3n) is 2.25. The molecule has 0 spiro atoms. The van der Waals surface area contributed by atoms with Crippen molar-refractivity contribution in [2.75, 3.05) is 32.9 Å². The number of carbonyl (C=O) groups excluding carboxylic acids is 1. The number of nitrogens with zero attached hydrogens (tertiary/aromatic N) is 2. The summed E-state index contributed by atoms with van der Waals surface area (Å²) in [5, 5.41) is 2.65. The van der Waals surface area contributed by atoms with Crippen LogP contribution in [-0.4, -0.2) is 50.8 Å². The highest BCUT2D eigenvalue weighted by molar-refractivity contribution is 7.87. The van der Waals surface area contributed by atoms with Crippen molar-refractivity contribution in [3.63, 3.8) is 0 Å². The van der Waals surface area contributed by atoms with Crippen LogP contribution in [0, 0.1) is 0 Å². The van der Waals surface area contributed by atoms with Crippen LogP contribution in [0.1, 0.15) is 10.4 Å². The lowest BCUT2D eigenvalue weighted by molar-refractivity contribution is 0.0954. The Morgan fingerprint density at radius 3 is 2.60 bits per heavy atom. The van der Waals surface area contributed by atoms with E-state index in [2.05, 4.69) is 15.0 Å². The van der Waals surface area contributed by atoms with Gasteiger partial charge in [0.1, 0.15) is 11.0 Å². The molecule has 0 bridgehead atoms. The van der Waals surface area contributed by atoms with Gasteiger partial charge in [-0.25, -0.2) is 9.71 Å². The van der Waals surface area contributed by atoms with Crippen molar-refractivity contribution in [3.05, 3.63) is 22.8 Å². The Balaban J connectivity index is 2.48. The number of carbonyl (C=O) groups is 1. The average molecular weight is 322 g/mol. The Kier molecular flexibility index (Phi) is 5.69. The van der Waals surface area contributed by atoms with Gasteiger partial charge in [0.15, 0.2) is 0 Å². The second-order valence-electron chi connectivity index (χ2n) is 4.04. The molecule has 0 unspecified atom stereocenters. The zero-order valence-electron chi connectivity index (χ0n) is 11.1. The summed E-state index contributed by atoms with van der Waals surface area (Å²) in [6, 6.07) is 2.75. The van der Waals surface area contributed by atoms with Crippen LogP contribution >= 0.6 is 11.6 Å². The smallest absolute Gasteiger partial charge is 0.278 e. The van der Waals surface area contributed by atoms with Crippen LogP contribution in [-0.2, 0) is 10.2 Å². The van der Waals surface area contributed by atoms with E-state index in [1.165, 1.54) is 26.2 Å². The normalized spacial score (nSPS) is 11.6. The van der Waals surface area contributed by atoms with Gasteiger partial charge in [-0.05, 0) is 12.1 Å². The van der Waals surface area contributed by atoms with Crippen LogP contribution in [0.25, 0.3) is 0 Å². The Bertz CT molecular complexity index is 570. The Morgan fingerprint density at radius 1 is 1.40 bits per heavy atom. The Labute approximate surface area is 122 Å². The first-order valence-corrected chi connectivity index (χ1v) is 7.42. The van der Waals surface area contributed by atoms with E-state index in [-0.39, 0.29) is 29.6 Å². The largest absolute Gasteiger partial charge is 0.384 e. The molecular formula is C10H16ClN5O3S. The van der Waals surface area contributed by atoms with Gasteiger partial charge in [-0.3, -0.25) is 4.79 Å². The summed E-state index contributed by atoms with van der Waals surface area (Å²) in [5.74, 6) is -0.277. The molecule has 0 saturated carbocycles. The van der Waals surface area contributed by atoms with Gasteiger partial charge in [-0.15, -0.1) is 0 Å². The molecule has 0 fully saturated rings. The number of hydrogen-bond acceptors (Lipinski definition) is 5. The van der Waals surface area contributed by atoms with Gasteiger partial charge in [-0.1, -0.05) is 11.6 Å². The minimum Gasteiger partial charge on any atom is -0.384 e. The van der Waals surface area contributed by atoms with Crippen molar-refractivity contribution in [1.82, 2.24) is 19.3 Å². The van der Waals surface area contributed by atoms with Gasteiger partial charge >= 0.3 is 0 Å². The molecule has 1 heterocycles. The summed E-state index contributed by atoms with van der Waals surface area (Å²) in [4.78, 5) is 15.5. The third kappa shape index (κ3) is 4.93. The summed E-state index contributed by atoms with van der Waals surface area (Å²) in [6.07, 6.45) is 0. The summed E-state index contributed by atoms with van der Waals surface area (Å²) in [6.45, 7) is 0.201. The molecular weight excluding hydrogens is 306 g/mol. The van der Waals surface area contributed by atoms with Crippen LogP contribution in [0.15, 0.2) is 12.1 Å². The van der Waals surface area contributed by atoms with E-state index in [1.54, 1.807) is 0 Å². The van der Waals surface area contributed by atoms with Crippen molar-refractivity contribution in [1.29, 1.82) is 0 Å². The van der Waals surface area contributed by atoms with Crippen LogP contribution in [0.5, 0.6) is 0 Å². The molecule has 112 valence electrons. The lowest BCUT2D eigenvalue weighted by Crippen LogP contribution is -2.40. The van der Waals surface area contributed by atoms with E-state index in [0.717, 1.165) is 4.31 Å². The first-order chi connectivity index (χ1) is 9.22. The molecule has 1 aromatic heterocycles. The highest BCUT2D eigenvalue weighted by Crippen LogP contribution is 2.11. The van der Waals surface area contributed by atoms with Crippen molar-refractivity contribution >= 4 is 33.5 Å². The molecule has 1 rings (SSSR count). The maximum absolute atomic E-state index is 11.8.